The van der Waals surface area contributed by atoms with Gasteiger partial charge in [0.15, 0.2) is 0 Å². The van der Waals surface area contributed by atoms with E-state index in [4.69, 9.17) is 0 Å². The van der Waals surface area contributed by atoms with Crippen molar-refractivity contribution in [2.75, 3.05) is 0 Å². The Morgan fingerprint density at radius 2 is 0.688 bits per heavy atom. The molecule has 0 amide bonds. The molecule has 2 heteroatoms. The average Bonchev–Trinajstić information content (AvgIpc) is 3.01. The van der Waals surface area contributed by atoms with Crippen LogP contribution in [0.2, 0.25) is 0 Å². The van der Waals surface area contributed by atoms with E-state index in [2.05, 4.69) is 51.4 Å². The molecule has 4 rings (SSSR count). The van der Waals surface area contributed by atoms with E-state index in [1.165, 1.54) is 12.8 Å². The molecule has 0 aromatic rings. The van der Waals surface area contributed by atoms with Gasteiger partial charge in [0.05, 0.1) is 0 Å². The van der Waals surface area contributed by atoms with Gasteiger partial charge in [0, 0.05) is 0 Å². The number of rotatable bonds is 0. The maximum Gasteiger partial charge on any atom is 3.00 e. The molecule has 0 saturated heterocycles. The Morgan fingerprint density at radius 1 is 0.500 bits per heavy atom. The zero-order valence-electron chi connectivity index (χ0n) is 9.05. The molecule has 0 spiro atoms. The molecule has 8 radical (unpaired) electrons. The number of fused-ring (bicyclic) bond motifs is 4. The smallest absolute Gasteiger partial charge is 1.00 e. The normalized spacial score (nSPS) is 42.0. The van der Waals surface area contributed by atoms with Crippen LogP contribution in [0.25, 0.3) is 0 Å². The zero-order chi connectivity index (χ0) is 9.38. The van der Waals surface area contributed by atoms with E-state index >= 15 is 0 Å². The molecular weight excluding hydrogens is 307 g/mol. The molecule has 4 aliphatic carbocycles. The fourth-order valence-electron chi connectivity index (χ4n) is 2.66. The Hall–Kier alpha value is 0.913. The largest absolute Gasteiger partial charge is 3.00 e. The summed E-state index contributed by atoms with van der Waals surface area (Å²) in [4.78, 5) is 0. The van der Waals surface area contributed by atoms with Crippen molar-refractivity contribution < 1.29 is 31.9 Å². The van der Waals surface area contributed by atoms with E-state index in [1.807, 2.05) is 0 Å². The first kappa shape index (κ1) is 15.0. The fraction of sp³-hybridized carbons (Fsp3) is 0.429. The first-order chi connectivity index (χ1) is 6.90. The topological polar surface area (TPSA) is 0 Å². The van der Waals surface area contributed by atoms with Gasteiger partial charge >= 0.3 is 19.5 Å². The van der Waals surface area contributed by atoms with Crippen molar-refractivity contribution in [3.05, 3.63) is 51.4 Å². The van der Waals surface area contributed by atoms with Crippen LogP contribution in [0.15, 0.2) is 0 Å². The maximum atomic E-state index is 2.30. The van der Waals surface area contributed by atoms with Crippen LogP contribution in [-0.2, 0) is 19.5 Å². The van der Waals surface area contributed by atoms with Crippen LogP contribution in [0.4, 0.5) is 0 Å². The zero-order valence-corrected chi connectivity index (χ0v) is 11.4. The van der Waals surface area contributed by atoms with Gasteiger partial charge in [0.1, 0.15) is 0 Å². The monoisotopic (exact) mass is 322 g/mol. The first-order valence-electron chi connectivity index (χ1n) is 5.63. The van der Waals surface area contributed by atoms with Crippen molar-refractivity contribution in [1.82, 2.24) is 0 Å². The van der Waals surface area contributed by atoms with Gasteiger partial charge in [-0.15, -0.1) is 0 Å². The van der Waals surface area contributed by atoms with Crippen molar-refractivity contribution in [1.29, 1.82) is 0 Å². The summed E-state index contributed by atoms with van der Waals surface area (Å²) in [5.41, 5.74) is 0. The molecule has 0 aromatic carbocycles. The van der Waals surface area contributed by atoms with Crippen LogP contribution >= 0.6 is 0 Å². The molecular formula is C14H16ClRh+2. The van der Waals surface area contributed by atoms with Gasteiger partial charge in [-0.25, -0.2) is 0 Å². The van der Waals surface area contributed by atoms with E-state index < -0.39 is 0 Å². The van der Waals surface area contributed by atoms with Gasteiger partial charge in [0.25, 0.3) is 0 Å². The third-order valence-corrected chi connectivity index (χ3v) is 3.51. The van der Waals surface area contributed by atoms with E-state index in [0.29, 0.717) is 0 Å². The van der Waals surface area contributed by atoms with Gasteiger partial charge in [0.2, 0.25) is 0 Å². The van der Waals surface area contributed by atoms with E-state index in [1.54, 1.807) is 0 Å². The summed E-state index contributed by atoms with van der Waals surface area (Å²) in [5, 5.41) is 0. The first-order valence-corrected chi connectivity index (χ1v) is 5.63. The molecule has 0 heterocycles. The molecule has 4 bridgehead atoms. The molecule has 0 N–H and O–H groups in total. The molecule has 0 nitrogen and oxygen atoms in total. The van der Waals surface area contributed by atoms with Gasteiger partial charge in [-0.1, -0.05) is 0 Å². The van der Waals surface area contributed by atoms with Crippen molar-refractivity contribution in [2.24, 2.45) is 23.7 Å². The van der Waals surface area contributed by atoms with Crippen molar-refractivity contribution in [3.63, 3.8) is 0 Å². The Morgan fingerprint density at radius 3 is 0.750 bits per heavy atom. The Balaban J connectivity index is 0.000000142. The van der Waals surface area contributed by atoms with Gasteiger partial charge in [-0.3, -0.25) is 0 Å². The summed E-state index contributed by atoms with van der Waals surface area (Å²) in [6.45, 7) is 0. The second-order valence-electron chi connectivity index (χ2n) is 4.67. The van der Waals surface area contributed by atoms with Crippen molar-refractivity contribution in [3.8, 4) is 0 Å². The fourth-order valence-corrected chi connectivity index (χ4v) is 2.66. The predicted octanol–water partition coefficient (Wildman–Crippen LogP) is -0.0920. The summed E-state index contributed by atoms with van der Waals surface area (Å²) in [7, 11) is 0. The summed E-state index contributed by atoms with van der Waals surface area (Å²) in [6, 6.07) is 0. The van der Waals surface area contributed by atoms with Crippen LogP contribution < -0.4 is 12.4 Å². The van der Waals surface area contributed by atoms with E-state index in [9.17, 15) is 0 Å². The molecule has 0 aliphatic heterocycles. The maximum absolute atomic E-state index is 2.30. The quantitative estimate of drug-likeness (QED) is 0.547. The second-order valence-corrected chi connectivity index (χ2v) is 4.67. The third-order valence-electron chi connectivity index (χ3n) is 3.51. The van der Waals surface area contributed by atoms with Crippen LogP contribution in [0.5, 0.6) is 0 Å². The van der Waals surface area contributed by atoms with Crippen LogP contribution in [0.3, 0.4) is 0 Å². The van der Waals surface area contributed by atoms with Crippen molar-refractivity contribution in [2.45, 2.75) is 12.8 Å². The third kappa shape index (κ3) is 3.45. The van der Waals surface area contributed by atoms with Crippen LogP contribution in [0.1, 0.15) is 12.8 Å². The summed E-state index contributed by atoms with van der Waals surface area (Å²) in [5.74, 6) is 3.24. The SMILES string of the molecule is [CH]1[CH]C2[CH][CH]C1C2.[CH]1[CH]C2[CH][CH]C1C2.[Cl-].[Rh+3]. The summed E-state index contributed by atoms with van der Waals surface area (Å²) in [6.07, 6.45) is 21.1. The molecule has 16 heavy (non-hydrogen) atoms. The minimum absolute atomic E-state index is 0. The number of hydrogen-bond donors (Lipinski definition) is 0. The van der Waals surface area contributed by atoms with Gasteiger partial charge in [-0.05, 0) is 87.9 Å². The number of hydrogen-bond acceptors (Lipinski definition) is 0. The summed E-state index contributed by atoms with van der Waals surface area (Å²) >= 11 is 0. The molecule has 4 aliphatic rings. The molecule has 0 atom stereocenters. The Bertz CT molecular complexity index is 149. The molecule has 0 unspecified atom stereocenters. The molecule has 86 valence electrons. The van der Waals surface area contributed by atoms with Crippen LogP contribution in [-0.4, -0.2) is 0 Å². The van der Waals surface area contributed by atoms with Gasteiger partial charge < -0.3 is 12.4 Å². The van der Waals surface area contributed by atoms with E-state index in [-0.39, 0.29) is 31.9 Å². The van der Waals surface area contributed by atoms with Gasteiger partial charge in [-0.2, -0.15) is 0 Å². The predicted molar refractivity (Wildman–Crippen MR) is 57.6 cm³/mol. The standard InChI is InChI=1S/2C7H8.ClH.Rh/c2*1-2-7-4-3-6(1)5-7;;/h2*1-4,6-7H,5H2;1H;/q;;;+3/p-1. The average molecular weight is 323 g/mol. The van der Waals surface area contributed by atoms with E-state index in [0.717, 1.165) is 23.7 Å². The molecule has 4 saturated carbocycles. The Labute approximate surface area is 120 Å². The molecule has 0 aromatic heterocycles. The summed E-state index contributed by atoms with van der Waals surface area (Å²) < 4.78 is 0. The minimum Gasteiger partial charge on any atom is -1.00 e. The second kappa shape index (κ2) is 6.74. The molecule has 4 fully saturated rings. The van der Waals surface area contributed by atoms with Crippen LogP contribution in [0, 0.1) is 75.0 Å². The Kier molecular flexibility index (Phi) is 6.31. The van der Waals surface area contributed by atoms with Crippen molar-refractivity contribution >= 4 is 0 Å². The minimum atomic E-state index is 0. The number of halogens is 1.